The van der Waals surface area contributed by atoms with Crippen molar-refractivity contribution in [3.8, 4) is 0 Å². The molecule has 0 saturated carbocycles. The number of rotatable bonds is 8. The van der Waals surface area contributed by atoms with Crippen molar-refractivity contribution in [2.75, 3.05) is 20.1 Å². The molecule has 0 spiro atoms. The molecule has 3 rings (SSSR count). The van der Waals surface area contributed by atoms with Gasteiger partial charge >= 0.3 is 0 Å². The zero-order chi connectivity index (χ0) is 19.9. The zero-order valence-corrected chi connectivity index (χ0v) is 16.9. The maximum absolute atomic E-state index is 12.8. The van der Waals surface area contributed by atoms with Crippen LogP contribution in [0.3, 0.4) is 0 Å². The summed E-state index contributed by atoms with van der Waals surface area (Å²) < 4.78 is 1.70. The van der Waals surface area contributed by atoms with Gasteiger partial charge in [0, 0.05) is 26.3 Å². The number of unbranched alkanes of at least 4 members (excludes halogenated alkanes) is 1. The van der Waals surface area contributed by atoms with E-state index in [2.05, 4.69) is 23.3 Å². The van der Waals surface area contributed by atoms with Crippen molar-refractivity contribution in [2.24, 2.45) is 0 Å². The van der Waals surface area contributed by atoms with Crippen molar-refractivity contribution in [2.45, 2.75) is 51.9 Å². The Kier molecular flexibility index (Phi) is 6.85. The van der Waals surface area contributed by atoms with E-state index in [1.807, 2.05) is 18.2 Å². The van der Waals surface area contributed by atoms with Crippen LogP contribution in [0.15, 0.2) is 36.0 Å². The number of nitrogens with zero attached hydrogens (tertiary/aromatic N) is 3. The van der Waals surface area contributed by atoms with Gasteiger partial charge in [0.2, 0.25) is 5.82 Å². The molecule has 150 valence electrons. The van der Waals surface area contributed by atoms with Crippen LogP contribution >= 0.6 is 0 Å². The van der Waals surface area contributed by atoms with E-state index >= 15 is 0 Å². The third-order valence-corrected chi connectivity index (χ3v) is 5.26. The topological polar surface area (TPSA) is 66.7 Å². The Labute approximate surface area is 166 Å². The van der Waals surface area contributed by atoms with Gasteiger partial charge in [-0.15, -0.1) is 0 Å². The van der Waals surface area contributed by atoms with E-state index < -0.39 is 0 Å². The van der Waals surface area contributed by atoms with Crippen molar-refractivity contribution < 1.29 is 9.59 Å². The minimum Gasteiger partial charge on any atom is -0.349 e. The Bertz CT molecular complexity index is 869. The van der Waals surface area contributed by atoms with Crippen molar-refractivity contribution in [1.82, 2.24) is 19.6 Å². The van der Waals surface area contributed by atoms with E-state index in [4.69, 9.17) is 0 Å². The fourth-order valence-corrected chi connectivity index (χ4v) is 3.58. The summed E-state index contributed by atoms with van der Waals surface area (Å²) in [5.74, 6) is -0.128. The highest BCUT2D eigenvalue weighted by atomic mass is 16.2. The average molecular weight is 383 g/mol. The lowest BCUT2D eigenvalue weighted by Gasteiger charge is -2.15. The van der Waals surface area contributed by atoms with Crippen molar-refractivity contribution in [1.29, 1.82) is 0 Å². The fraction of sp³-hybridized carbons (Fsp3) is 0.500. The first-order valence-electron chi connectivity index (χ1n) is 10.3. The first kappa shape index (κ1) is 20.1. The second-order valence-corrected chi connectivity index (χ2v) is 7.43. The third-order valence-electron chi connectivity index (χ3n) is 5.26. The van der Waals surface area contributed by atoms with Gasteiger partial charge in [-0.05, 0) is 50.7 Å². The van der Waals surface area contributed by atoms with Crippen LogP contribution in [0, 0.1) is 0 Å². The molecule has 2 aromatic heterocycles. The van der Waals surface area contributed by atoms with Gasteiger partial charge < -0.3 is 10.2 Å². The molecule has 0 aromatic carbocycles. The summed E-state index contributed by atoms with van der Waals surface area (Å²) in [5, 5.41) is 2.97. The largest absolute Gasteiger partial charge is 0.349 e. The fourth-order valence-electron chi connectivity index (χ4n) is 3.58. The molecule has 1 aliphatic rings. The summed E-state index contributed by atoms with van der Waals surface area (Å²) in [6, 6.07) is 5.53. The zero-order valence-electron chi connectivity index (χ0n) is 16.9. The monoisotopic (exact) mass is 382 g/mol. The Hall–Kier alpha value is -2.63. The number of pyridine rings is 1. The molecule has 0 saturated heterocycles. The lowest BCUT2D eigenvalue weighted by Crippen LogP contribution is -2.29. The smallest absolute Gasteiger partial charge is 0.287 e. The Morgan fingerprint density at radius 3 is 2.89 bits per heavy atom. The van der Waals surface area contributed by atoms with E-state index in [1.54, 1.807) is 22.5 Å². The molecule has 0 aliphatic heterocycles. The van der Waals surface area contributed by atoms with Crippen LogP contribution in [-0.4, -0.2) is 46.2 Å². The third kappa shape index (κ3) is 4.61. The van der Waals surface area contributed by atoms with Crippen molar-refractivity contribution >= 4 is 17.3 Å². The number of imidazole rings is 1. The Balaban J connectivity index is 1.74. The molecule has 28 heavy (non-hydrogen) atoms. The Morgan fingerprint density at radius 1 is 1.29 bits per heavy atom. The summed E-state index contributed by atoms with van der Waals surface area (Å²) in [5.41, 5.74) is 2.42. The molecule has 2 aromatic rings. The van der Waals surface area contributed by atoms with Crippen LogP contribution in [0.25, 0.3) is 5.52 Å². The van der Waals surface area contributed by atoms with Crippen LogP contribution in [0.5, 0.6) is 0 Å². The number of fused-ring (bicyclic) bond motifs is 1. The van der Waals surface area contributed by atoms with Crippen molar-refractivity contribution in [3.63, 3.8) is 0 Å². The standard InChI is InChI=1S/C22H30N4O2/c1-3-4-15-25(2)22(28)19-18-12-8-9-16-26(18)20(24-19)21(27)23-14-13-17-10-6-5-7-11-17/h8-10,12,16H,3-7,11,13-15H2,1-2H3,(H,23,27). The van der Waals surface area contributed by atoms with Gasteiger partial charge in [-0.1, -0.05) is 31.1 Å². The number of nitrogens with one attached hydrogen (secondary N) is 1. The number of hydrogen-bond donors (Lipinski definition) is 1. The Morgan fingerprint density at radius 2 is 2.14 bits per heavy atom. The van der Waals surface area contributed by atoms with Gasteiger partial charge in [0.25, 0.3) is 11.8 Å². The number of aromatic nitrogens is 2. The van der Waals surface area contributed by atoms with E-state index in [1.165, 1.54) is 18.4 Å². The minimum atomic E-state index is -0.243. The summed E-state index contributed by atoms with van der Waals surface area (Å²) in [6.45, 7) is 3.36. The molecule has 0 bridgehead atoms. The molecule has 0 unspecified atom stereocenters. The quantitative estimate of drug-likeness (QED) is 0.706. The summed E-state index contributed by atoms with van der Waals surface area (Å²) >= 11 is 0. The number of hydrogen-bond acceptors (Lipinski definition) is 3. The SMILES string of the molecule is CCCCN(C)C(=O)c1nc(C(=O)NCCC2=CCCCC2)n2ccccc12. The van der Waals surface area contributed by atoms with Gasteiger partial charge in [0.05, 0.1) is 5.52 Å². The molecule has 2 amide bonds. The van der Waals surface area contributed by atoms with Gasteiger partial charge in [-0.3, -0.25) is 14.0 Å². The second kappa shape index (κ2) is 9.53. The minimum absolute atomic E-state index is 0.149. The maximum Gasteiger partial charge on any atom is 0.287 e. The van der Waals surface area contributed by atoms with E-state index in [-0.39, 0.29) is 17.6 Å². The molecular formula is C22H30N4O2. The van der Waals surface area contributed by atoms with Crippen LogP contribution in [-0.2, 0) is 0 Å². The molecule has 6 nitrogen and oxygen atoms in total. The molecule has 1 aliphatic carbocycles. The van der Waals surface area contributed by atoms with Crippen LogP contribution < -0.4 is 5.32 Å². The summed E-state index contributed by atoms with van der Waals surface area (Å²) in [4.78, 5) is 31.7. The number of amides is 2. The highest BCUT2D eigenvalue weighted by Crippen LogP contribution is 2.20. The first-order valence-corrected chi connectivity index (χ1v) is 10.3. The highest BCUT2D eigenvalue weighted by molar-refractivity contribution is 6.02. The molecule has 6 heteroatoms. The van der Waals surface area contributed by atoms with Gasteiger partial charge in [0.1, 0.15) is 0 Å². The van der Waals surface area contributed by atoms with E-state index in [9.17, 15) is 9.59 Å². The molecule has 1 N–H and O–H groups in total. The van der Waals surface area contributed by atoms with Crippen LogP contribution in [0.1, 0.15) is 73.0 Å². The first-order chi connectivity index (χ1) is 13.6. The number of carbonyl (C=O) groups excluding carboxylic acids is 2. The lowest BCUT2D eigenvalue weighted by atomic mass is 9.97. The average Bonchev–Trinajstić information content (AvgIpc) is 3.12. The van der Waals surface area contributed by atoms with Crippen LogP contribution in [0.2, 0.25) is 0 Å². The molecule has 0 fully saturated rings. The second-order valence-electron chi connectivity index (χ2n) is 7.43. The number of carbonyl (C=O) groups is 2. The normalized spacial score (nSPS) is 14.0. The van der Waals surface area contributed by atoms with Gasteiger partial charge in [-0.25, -0.2) is 4.98 Å². The van der Waals surface area contributed by atoms with Crippen molar-refractivity contribution in [3.05, 3.63) is 47.6 Å². The van der Waals surface area contributed by atoms with E-state index in [0.717, 1.165) is 32.1 Å². The molecular weight excluding hydrogens is 352 g/mol. The van der Waals surface area contributed by atoms with Gasteiger partial charge in [0.15, 0.2) is 5.69 Å². The van der Waals surface area contributed by atoms with Crippen LogP contribution in [0.4, 0.5) is 0 Å². The lowest BCUT2D eigenvalue weighted by molar-refractivity contribution is 0.0790. The molecule has 0 radical (unpaired) electrons. The van der Waals surface area contributed by atoms with Gasteiger partial charge in [-0.2, -0.15) is 0 Å². The number of allylic oxidation sites excluding steroid dienone is 1. The molecule has 2 heterocycles. The summed E-state index contributed by atoms with van der Waals surface area (Å²) in [6.07, 6.45) is 11.7. The predicted molar refractivity (Wildman–Crippen MR) is 111 cm³/mol. The van der Waals surface area contributed by atoms with E-state index in [0.29, 0.717) is 24.3 Å². The maximum atomic E-state index is 12.8. The summed E-state index contributed by atoms with van der Waals surface area (Å²) in [7, 11) is 1.78. The highest BCUT2D eigenvalue weighted by Gasteiger charge is 2.23. The molecule has 0 atom stereocenters. The predicted octanol–water partition coefficient (Wildman–Crippen LogP) is 3.83.